The fourth-order valence-electron chi connectivity index (χ4n) is 1.70. The Morgan fingerprint density at radius 2 is 1.91 bits per heavy atom. The van der Waals surface area contributed by atoms with Crippen LogP contribution in [0.3, 0.4) is 0 Å². The number of halogens is 2. The molecule has 2 rings (SSSR count). The molecule has 0 aliphatic carbocycles. The summed E-state index contributed by atoms with van der Waals surface area (Å²) in [7, 11) is -4.03. The van der Waals surface area contributed by atoms with Gasteiger partial charge in [-0.2, -0.15) is 0 Å². The van der Waals surface area contributed by atoms with Crippen molar-refractivity contribution < 1.29 is 17.7 Å². The number of nitro groups is 1. The van der Waals surface area contributed by atoms with Gasteiger partial charge in [-0.15, -0.1) is 0 Å². The average molecular weight is 345 g/mol. The smallest absolute Gasteiger partial charge is 0.258 e. The molecule has 0 aliphatic rings. The van der Waals surface area contributed by atoms with Crippen molar-refractivity contribution in [1.29, 1.82) is 0 Å². The van der Waals surface area contributed by atoms with Crippen molar-refractivity contribution in [3.05, 3.63) is 69.0 Å². The Morgan fingerprint density at radius 3 is 2.55 bits per heavy atom. The van der Waals surface area contributed by atoms with E-state index < -0.39 is 26.5 Å². The predicted octanol–water partition coefficient (Wildman–Crippen LogP) is 2.87. The Hall–Kier alpha value is -2.03. The molecular formula is C13H10ClFN2O4S. The van der Waals surface area contributed by atoms with Crippen molar-refractivity contribution in [3.63, 3.8) is 0 Å². The summed E-state index contributed by atoms with van der Waals surface area (Å²) in [5.74, 6) is -0.549. The summed E-state index contributed by atoms with van der Waals surface area (Å²) in [6.45, 7) is -0.272. The molecule has 2 aromatic rings. The van der Waals surface area contributed by atoms with Gasteiger partial charge >= 0.3 is 0 Å². The Morgan fingerprint density at radius 1 is 1.23 bits per heavy atom. The SMILES string of the molecule is O=[N+]([O-])c1cc(S(=O)(=O)NCc2ccccc2F)ccc1Cl. The molecule has 0 bridgehead atoms. The van der Waals surface area contributed by atoms with E-state index >= 15 is 0 Å². The van der Waals surface area contributed by atoms with Crippen LogP contribution in [0.4, 0.5) is 10.1 Å². The lowest BCUT2D eigenvalue weighted by Crippen LogP contribution is -2.23. The van der Waals surface area contributed by atoms with E-state index in [9.17, 15) is 22.9 Å². The van der Waals surface area contributed by atoms with Crippen LogP contribution in [0, 0.1) is 15.9 Å². The fraction of sp³-hybridized carbons (Fsp3) is 0.0769. The molecule has 0 aromatic heterocycles. The van der Waals surface area contributed by atoms with Crippen molar-refractivity contribution in [2.24, 2.45) is 0 Å². The van der Waals surface area contributed by atoms with Gasteiger partial charge in [0.05, 0.1) is 9.82 Å². The highest BCUT2D eigenvalue weighted by Gasteiger charge is 2.20. The Balaban J connectivity index is 2.26. The van der Waals surface area contributed by atoms with Gasteiger partial charge in [0, 0.05) is 18.2 Å². The molecule has 0 saturated heterocycles. The van der Waals surface area contributed by atoms with Crippen molar-refractivity contribution in [3.8, 4) is 0 Å². The molecule has 9 heteroatoms. The molecule has 116 valence electrons. The molecule has 0 unspecified atom stereocenters. The highest BCUT2D eigenvalue weighted by Crippen LogP contribution is 2.27. The van der Waals surface area contributed by atoms with Gasteiger partial charge in [0.25, 0.3) is 5.69 Å². The predicted molar refractivity (Wildman–Crippen MR) is 78.5 cm³/mol. The van der Waals surface area contributed by atoms with Crippen LogP contribution in [0.15, 0.2) is 47.4 Å². The number of nitrogens with zero attached hydrogens (tertiary/aromatic N) is 1. The van der Waals surface area contributed by atoms with E-state index in [1.165, 1.54) is 18.2 Å². The van der Waals surface area contributed by atoms with Gasteiger partial charge in [0.1, 0.15) is 10.8 Å². The van der Waals surface area contributed by atoms with E-state index in [0.29, 0.717) is 0 Å². The minimum atomic E-state index is -4.03. The first-order valence-electron chi connectivity index (χ1n) is 5.98. The zero-order valence-corrected chi connectivity index (χ0v) is 12.6. The monoisotopic (exact) mass is 344 g/mol. The van der Waals surface area contributed by atoms with E-state index in [1.54, 1.807) is 6.07 Å². The average Bonchev–Trinajstić information content (AvgIpc) is 2.46. The van der Waals surface area contributed by atoms with Gasteiger partial charge in [-0.05, 0) is 18.2 Å². The maximum absolute atomic E-state index is 13.4. The third-order valence-electron chi connectivity index (χ3n) is 2.84. The van der Waals surface area contributed by atoms with Crippen LogP contribution < -0.4 is 4.72 Å². The van der Waals surface area contributed by atoms with Gasteiger partial charge in [-0.1, -0.05) is 29.8 Å². The van der Waals surface area contributed by atoms with Crippen molar-refractivity contribution in [2.45, 2.75) is 11.4 Å². The van der Waals surface area contributed by atoms with Gasteiger partial charge in [-0.3, -0.25) is 10.1 Å². The molecule has 0 fully saturated rings. The molecule has 1 N–H and O–H groups in total. The number of sulfonamides is 1. The van der Waals surface area contributed by atoms with Crippen LogP contribution in [-0.2, 0) is 16.6 Å². The summed E-state index contributed by atoms with van der Waals surface area (Å²) >= 11 is 5.63. The lowest BCUT2D eigenvalue weighted by atomic mass is 10.2. The summed E-state index contributed by atoms with van der Waals surface area (Å²) < 4.78 is 39.8. The standard InChI is InChI=1S/C13H10ClFN2O4S/c14-11-6-5-10(7-13(11)17(18)19)22(20,21)16-8-9-3-1-2-4-12(9)15/h1-7,16H,8H2. The number of hydrogen-bond acceptors (Lipinski definition) is 4. The van der Waals surface area contributed by atoms with Crippen molar-refractivity contribution >= 4 is 27.3 Å². The van der Waals surface area contributed by atoms with Crippen LogP contribution in [0.25, 0.3) is 0 Å². The molecule has 0 amide bonds. The lowest BCUT2D eigenvalue weighted by molar-refractivity contribution is -0.384. The second-order valence-electron chi connectivity index (χ2n) is 4.29. The van der Waals surface area contributed by atoms with E-state index in [1.807, 2.05) is 0 Å². The Labute approximate surface area is 130 Å². The van der Waals surface area contributed by atoms with Gasteiger partial charge in [0.15, 0.2) is 0 Å². The lowest BCUT2D eigenvalue weighted by Gasteiger charge is -2.08. The second kappa shape index (κ2) is 6.39. The molecule has 0 radical (unpaired) electrons. The highest BCUT2D eigenvalue weighted by atomic mass is 35.5. The van der Waals surface area contributed by atoms with Gasteiger partial charge in [0.2, 0.25) is 10.0 Å². The molecule has 0 atom stereocenters. The molecule has 0 heterocycles. The third kappa shape index (κ3) is 3.59. The first-order chi connectivity index (χ1) is 10.3. The quantitative estimate of drug-likeness (QED) is 0.667. The maximum Gasteiger partial charge on any atom is 0.289 e. The van der Waals surface area contributed by atoms with Crippen molar-refractivity contribution in [1.82, 2.24) is 4.72 Å². The topological polar surface area (TPSA) is 89.3 Å². The zero-order chi connectivity index (χ0) is 16.3. The van der Waals surface area contributed by atoms with Crippen molar-refractivity contribution in [2.75, 3.05) is 0 Å². The van der Waals surface area contributed by atoms with Crippen LogP contribution in [0.2, 0.25) is 5.02 Å². The summed E-state index contributed by atoms with van der Waals surface area (Å²) in [5, 5.41) is 10.6. The highest BCUT2D eigenvalue weighted by molar-refractivity contribution is 7.89. The van der Waals surface area contributed by atoms with E-state index in [-0.39, 0.29) is 22.0 Å². The first-order valence-corrected chi connectivity index (χ1v) is 7.84. The minimum absolute atomic E-state index is 0.162. The summed E-state index contributed by atoms with van der Waals surface area (Å²) in [6, 6.07) is 8.80. The molecule has 0 saturated carbocycles. The van der Waals surface area contributed by atoms with Gasteiger partial charge < -0.3 is 0 Å². The molecule has 0 aliphatic heterocycles. The second-order valence-corrected chi connectivity index (χ2v) is 6.46. The van der Waals surface area contributed by atoms with E-state index in [4.69, 9.17) is 11.6 Å². The van der Waals surface area contributed by atoms with E-state index in [2.05, 4.69) is 4.72 Å². The Bertz CT molecular complexity index is 827. The molecule has 0 spiro atoms. The first kappa shape index (κ1) is 16.3. The summed E-state index contributed by atoms with van der Waals surface area (Å²) in [5.41, 5.74) is -0.357. The zero-order valence-electron chi connectivity index (χ0n) is 11.0. The van der Waals surface area contributed by atoms with E-state index in [0.717, 1.165) is 18.2 Å². The van der Waals surface area contributed by atoms with Crippen LogP contribution >= 0.6 is 11.6 Å². The maximum atomic E-state index is 13.4. The molecule has 2 aromatic carbocycles. The molecular weight excluding hydrogens is 335 g/mol. The normalized spacial score (nSPS) is 11.4. The largest absolute Gasteiger partial charge is 0.289 e. The number of nitrogens with one attached hydrogen (secondary N) is 1. The summed E-state index contributed by atoms with van der Waals surface area (Å²) in [6.07, 6.45) is 0. The Kier molecular flexibility index (Phi) is 4.74. The minimum Gasteiger partial charge on any atom is -0.258 e. The number of nitro benzene ring substituents is 1. The number of benzene rings is 2. The molecule has 22 heavy (non-hydrogen) atoms. The van der Waals surface area contributed by atoms with Gasteiger partial charge in [-0.25, -0.2) is 17.5 Å². The number of hydrogen-bond donors (Lipinski definition) is 1. The van der Waals surface area contributed by atoms with Crippen LogP contribution in [0.1, 0.15) is 5.56 Å². The summed E-state index contributed by atoms with van der Waals surface area (Å²) in [4.78, 5) is 9.68. The molecule has 6 nitrogen and oxygen atoms in total. The number of rotatable bonds is 5. The van der Waals surface area contributed by atoms with Crippen LogP contribution in [0.5, 0.6) is 0 Å². The fourth-order valence-corrected chi connectivity index (χ4v) is 2.91. The third-order valence-corrected chi connectivity index (χ3v) is 4.55. The van der Waals surface area contributed by atoms with Crippen LogP contribution in [-0.4, -0.2) is 13.3 Å².